The van der Waals surface area contributed by atoms with Crippen LogP contribution in [0.15, 0.2) is 15.5 Å². The van der Waals surface area contributed by atoms with Crippen LogP contribution in [-0.4, -0.2) is 16.3 Å². The highest BCUT2D eigenvalue weighted by Crippen LogP contribution is 2.36. The Morgan fingerprint density at radius 1 is 1.57 bits per heavy atom. The van der Waals surface area contributed by atoms with Gasteiger partial charge in [-0.15, -0.1) is 11.3 Å². The van der Waals surface area contributed by atoms with Gasteiger partial charge in [0.2, 0.25) is 0 Å². The molecule has 0 spiro atoms. The Morgan fingerprint density at radius 3 is 3.05 bits per heavy atom. The molecule has 6 nitrogen and oxygen atoms in total. The summed E-state index contributed by atoms with van der Waals surface area (Å²) < 4.78 is 1.80. The lowest BCUT2D eigenvalue weighted by Gasteiger charge is -2.29. The lowest BCUT2D eigenvalue weighted by atomic mass is 10.0. The van der Waals surface area contributed by atoms with E-state index in [0.717, 1.165) is 29.1 Å². The molecule has 1 aliphatic rings. The Balaban J connectivity index is 2.00. The predicted molar refractivity (Wildman–Crippen MR) is 85.4 cm³/mol. The van der Waals surface area contributed by atoms with E-state index in [1.165, 1.54) is 16.0 Å². The number of nitrogens with zero attached hydrogens (tertiary/aromatic N) is 4. The van der Waals surface area contributed by atoms with Crippen molar-refractivity contribution in [3.8, 4) is 6.07 Å². The van der Waals surface area contributed by atoms with Crippen LogP contribution in [0.4, 0.5) is 10.7 Å². The minimum atomic E-state index is -0.165. The Morgan fingerprint density at radius 2 is 2.33 bits per heavy atom. The van der Waals surface area contributed by atoms with Gasteiger partial charge in [0.25, 0.3) is 5.56 Å². The molecule has 0 atom stereocenters. The van der Waals surface area contributed by atoms with Gasteiger partial charge in [-0.2, -0.15) is 10.4 Å². The average Bonchev–Trinajstić information content (AvgIpc) is 2.79. The van der Waals surface area contributed by atoms with Gasteiger partial charge in [-0.3, -0.25) is 4.79 Å². The first-order valence-corrected chi connectivity index (χ1v) is 7.90. The van der Waals surface area contributed by atoms with Crippen molar-refractivity contribution in [2.75, 3.05) is 17.2 Å². The van der Waals surface area contributed by atoms with Gasteiger partial charge in [-0.1, -0.05) is 0 Å². The van der Waals surface area contributed by atoms with Crippen LogP contribution in [0, 0.1) is 11.3 Å². The predicted octanol–water partition coefficient (Wildman–Crippen LogP) is 1.62. The third kappa shape index (κ3) is 2.22. The average molecular weight is 366 g/mol. The summed E-state index contributed by atoms with van der Waals surface area (Å²) in [4.78, 5) is 15.1. The number of aryl methyl sites for hydroxylation is 1. The number of nitriles is 1. The van der Waals surface area contributed by atoms with Crippen molar-refractivity contribution in [2.45, 2.75) is 13.0 Å². The van der Waals surface area contributed by atoms with Crippen molar-refractivity contribution in [2.24, 2.45) is 7.05 Å². The van der Waals surface area contributed by atoms with Gasteiger partial charge in [0.15, 0.2) is 0 Å². The number of thiophene rings is 1. The summed E-state index contributed by atoms with van der Waals surface area (Å²) in [6.45, 7) is 1.37. The van der Waals surface area contributed by atoms with Crippen LogP contribution in [0.1, 0.15) is 16.0 Å². The summed E-state index contributed by atoms with van der Waals surface area (Å²) >= 11 is 4.80. The fraction of sp³-hybridized carbons (Fsp3) is 0.308. The van der Waals surface area contributed by atoms with Crippen LogP contribution < -0.4 is 16.2 Å². The van der Waals surface area contributed by atoms with E-state index in [9.17, 15) is 4.79 Å². The van der Waals surface area contributed by atoms with E-state index in [4.69, 9.17) is 11.0 Å². The van der Waals surface area contributed by atoms with Crippen LogP contribution in [0.25, 0.3) is 0 Å². The molecular weight excluding hydrogens is 354 g/mol. The van der Waals surface area contributed by atoms with Crippen molar-refractivity contribution in [1.29, 1.82) is 5.26 Å². The standard InChI is InChI=1S/C13H12BrN5OS/c1-18-13(20)11(14)9(5-17-18)19-3-2-7-8(4-15)12(16)21-10(7)6-19/h5H,2-3,6,16H2,1H3. The van der Waals surface area contributed by atoms with Gasteiger partial charge >= 0.3 is 0 Å². The van der Waals surface area contributed by atoms with Crippen LogP contribution >= 0.6 is 27.3 Å². The molecule has 3 heterocycles. The van der Waals surface area contributed by atoms with Gasteiger partial charge in [0.1, 0.15) is 15.5 Å². The number of anilines is 2. The number of hydrogen-bond donors (Lipinski definition) is 1. The third-order valence-corrected chi connectivity index (χ3v) is 5.39. The maximum Gasteiger partial charge on any atom is 0.282 e. The molecule has 0 saturated heterocycles. The number of fused-ring (bicyclic) bond motifs is 1. The van der Waals surface area contributed by atoms with E-state index in [2.05, 4.69) is 32.0 Å². The molecule has 3 rings (SSSR count). The molecule has 108 valence electrons. The lowest BCUT2D eigenvalue weighted by molar-refractivity contribution is 0.683. The summed E-state index contributed by atoms with van der Waals surface area (Å²) in [5.41, 5.74) is 8.15. The summed E-state index contributed by atoms with van der Waals surface area (Å²) in [6.07, 6.45) is 2.42. The number of nitrogen functional groups attached to an aromatic ring is 1. The maximum atomic E-state index is 11.9. The van der Waals surface area contributed by atoms with Crippen LogP contribution in [0.2, 0.25) is 0 Å². The Labute approximate surface area is 133 Å². The number of halogens is 1. The quantitative estimate of drug-likeness (QED) is 0.829. The molecule has 0 unspecified atom stereocenters. The minimum Gasteiger partial charge on any atom is -0.389 e. The molecule has 0 saturated carbocycles. The molecule has 21 heavy (non-hydrogen) atoms. The third-order valence-electron chi connectivity index (χ3n) is 3.60. The Bertz CT molecular complexity index is 819. The van der Waals surface area contributed by atoms with Crippen molar-refractivity contribution < 1.29 is 0 Å². The number of aromatic nitrogens is 2. The first-order chi connectivity index (χ1) is 10.0. The van der Waals surface area contributed by atoms with Gasteiger partial charge < -0.3 is 10.6 Å². The largest absolute Gasteiger partial charge is 0.389 e. The monoisotopic (exact) mass is 365 g/mol. The Kier molecular flexibility index (Phi) is 3.47. The molecule has 0 aliphatic carbocycles. The number of nitrogens with two attached hydrogens (primary N) is 1. The molecular formula is C13H12BrN5OS. The molecule has 0 aromatic carbocycles. The summed E-state index contributed by atoms with van der Waals surface area (Å²) in [5.74, 6) is 0. The van der Waals surface area contributed by atoms with Crippen molar-refractivity contribution in [1.82, 2.24) is 9.78 Å². The molecule has 2 N–H and O–H groups in total. The second-order valence-electron chi connectivity index (χ2n) is 4.80. The fourth-order valence-corrected chi connectivity index (χ4v) is 4.17. The molecule has 2 aromatic rings. The smallest absolute Gasteiger partial charge is 0.282 e. The zero-order chi connectivity index (χ0) is 15.1. The van der Waals surface area contributed by atoms with Crippen molar-refractivity contribution in [3.63, 3.8) is 0 Å². The molecule has 8 heteroatoms. The number of hydrogen-bond acceptors (Lipinski definition) is 6. The van der Waals surface area contributed by atoms with Crippen molar-refractivity contribution >= 4 is 38.0 Å². The molecule has 2 aromatic heterocycles. The van der Waals surface area contributed by atoms with Gasteiger partial charge in [0.05, 0.1) is 24.0 Å². The first-order valence-electron chi connectivity index (χ1n) is 6.29. The van der Waals surface area contributed by atoms with Gasteiger partial charge in [0, 0.05) is 18.5 Å². The van der Waals surface area contributed by atoms with E-state index < -0.39 is 0 Å². The second kappa shape index (κ2) is 5.16. The minimum absolute atomic E-state index is 0.165. The van der Waals surface area contributed by atoms with Gasteiger partial charge in [-0.05, 0) is 27.9 Å². The van der Waals surface area contributed by atoms with E-state index in [1.54, 1.807) is 13.2 Å². The van der Waals surface area contributed by atoms with E-state index in [1.807, 2.05) is 0 Å². The van der Waals surface area contributed by atoms with E-state index >= 15 is 0 Å². The summed E-state index contributed by atoms with van der Waals surface area (Å²) in [6, 6.07) is 2.18. The zero-order valence-electron chi connectivity index (χ0n) is 11.3. The maximum absolute atomic E-state index is 11.9. The lowest BCUT2D eigenvalue weighted by Crippen LogP contribution is -2.32. The van der Waals surface area contributed by atoms with Gasteiger partial charge in [-0.25, -0.2) is 4.68 Å². The highest BCUT2D eigenvalue weighted by Gasteiger charge is 2.25. The highest BCUT2D eigenvalue weighted by atomic mass is 79.9. The second-order valence-corrected chi connectivity index (χ2v) is 6.73. The zero-order valence-corrected chi connectivity index (χ0v) is 13.7. The van der Waals surface area contributed by atoms with Crippen LogP contribution in [0.5, 0.6) is 0 Å². The summed E-state index contributed by atoms with van der Waals surface area (Å²) in [5, 5.41) is 13.8. The topological polar surface area (TPSA) is 87.9 Å². The van der Waals surface area contributed by atoms with E-state index in [-0.39, 0.29) is 5.56 Å². The number of rotatable bonds is 1. The fourth-order valence-electron chi connectivity index (χ4n) is 2.48. The highest BCUT2D eigenvalue weighted by molar-refractivity contribution is 9.10. The molecule has 1 aliphatic heterocycles. The van der Waals surface area contributed by atoms with Crippen LogP contribution in [0.3, 0.4) is 0 Å². The molecule has 0 radical (unpaired) electrons. The summed E-state index contributed by atoms with van der Waals surface area (Å²) in [7, 11) is 1.62. The molecule has 0 amide bonds. The molecule has 0 bridgehead atoms. The van der Waals surface area contributed by atoms with E-state index in [0.29, 0.717) is 21.6 Å². The SMILES string of the molecule is Cn1ncc(N2CCc3c(sc(N)c3C#N)C2)c(Br)c1=O. The van der Waals surface area contributed by atoms with Crippen molar-refractivity contribution in [3.05, 3.63) is 37.0 Å². The van der Waals surface area contributed by atoms with Crippen LogP contribution in [-0.2, 0) is 20.0 Å². The normalized spacial score (nSPS) is 13.9. The first kappa shape index (κ1) is 14.1. The Hall–Kier alpha value is -1.85. The molecule has 0 fully saturated rings.